The number of ketones is 1. The Morgan fingerprint density at radius 2 is 1.96 bits per heavy atom. The van der Waals surface area contributed by atoms with Gasteiger partial charge in [0.05, 0.1) is 18.1 Å². The summed E-state index contributed by atoms with van der Waals surface area (Å²) in [5.41, 5.74) is 1.21. The van der Waals surface area contributed by atoms with Crippen molar-refractivity contribution < 1.29 is 23.8 Å². The summed E-state index contributed by atoms with van der Waals surface area (Å²) in [7, 11) is 0. The predicted octanol–water partition coefficient (Wildman–Crippen LogP) is 4.26. The smallest absolute Gasteiger partial charge is 0.313 e. The number of allylic oxidation sites excluding steroid dienone is 1. The number of ether oxygens (including phenoxy) is 3. The fraction of sp³-hybridized carbons (Fsp3) is 0.238. The lowest BCUT2D eigenvalue weighted by Crippen LogP contribution is -2.14. The first-order valence-corrected chi connectivity index (χ1v) is 8.50. The molecule has 1 heterocycles. The van der Waals surface area contributed by atoms with Gasteiger partial charge in [0.2, 0.25) is 5.78 Å². The van der Waals surface area contributed by atoms with Gasteiger partial charge < -0.3 is 14.2 Å². The van der Waals surface area contributed by atoms with E-state index in [1.165, 1.54) is 0 Å². The molecule has 2 aromatic rings. The van der Waals surface area contributed by atoms with E-state index in [0.717, 1.165) is 0 Å². The molecule has 2 aromatic carbocycles. The summed E-state index contributed by atoms with van der Waals surface area (Å²) in [6.07, 6.45) is 1.63. The van der Waals surface area contributed by atoms with Gasteiger partial charge in [-0.2, -0.15) is 0 Å². The molecule has 5 nitrogen and oxygen atoms in total. The van der Waals surface area contributed by atoms with Gasteiger partial charge in [0.1, 0.15) is 17.2 Å². The van der Waals surface area contributed by atoms with Crippen LogP contribution in [0.15, 0.2) is 48.2 Å². The Hall–Kier alpha value is -3.08. The second-order valence-electron chi connectivity index (χ2n) is 6.18. The SMILES string of the molecule is CCOc1ccc2c(c1)O/C(=C\c1cccc(OC(=O)C(C)C)c1)C2=O. The predicted molar refractivity (Wildman–Crippen MR) is 97.5 cm³/mol. The van der Waals surface area contributed by atoms with Gasteiger partial charge in [-0.3, -0.25) is 9.59 Å². The number of fused-ring (bicyclic) bond motifs is 1. The second kappa shape index (κ2) is 7.44. The van der Waals surface area contributed by atoms with E-state index in [0.29, 0.717) is 35.0 Å². The standard InChI is InChI=1S/C21H20O5/c1-4-24-15-8-9-17-18(12-15)26-19(20(17)22)11-14-6-5-7-16(10-14)25-21(23)13(2)3/h5-13H,4H2,1-3H3/b19-11-. The summed E-state index contributed by atoms with van der Waals surface area (Å²) < 4.78 is 16.4. The number of Topliss-reactive ketones (excluding diaryl/α,β-unsaturated/α-hetero) is 1. The molecule has 0 aliphatic carbocycles. The molecule has 0 saturated carbocycles. The number of hydrogen-bond acceptors (Lipinski definition) is 5. The largest absolute Gasteiger partial charge is 0.494 e. The minimum atomic E-state index is -0.307. The van der Waals surface area contributed by atoms with Gasteiger partial charge in [0.15, 0.2) is 5.76 Å². The molecule has 0 atom stereocenters. The summed E-state index contributed by atoms with van der Waals surface area (Å²) in [5.74, 6) is 1.08. The molecule has 0 bridgehead atoms. The van der Waals surface area contributed by atoms with Gasteiger partial charge in [0, 0.05) is 6.07 Å². The van der Waals surface area contributed by atoms with Crippen molar-refractivity contribution in [3.05, 3.63) is 59.4 Å². The van der Waals surface area contributed by atoms with Crippen LogP contribution in [0.25, 0.3) is 6.08 Å². The van der Waals surface area contributed by atoms with E-state index in [2.05, 4.69) is 0 Å². The monoisotopic (exact) mass is 352 g/mol. The molecule has 0 aromatic heterocycles. The Bertz CT molecular complexity index is 880. The topological polar surface area (TPSA) is 61.8 Å². The Morgan fingerprint density at radius 1 is 1.15 bits per heavy atom. The van der Waals surface area contributed by atoms with E-state index in [-0.39, 0.29) is 23.4 Å². The molecule has 0 saturated heterocycles. The molecule has 3 rings (SSSR count). The molecule has 5 heteroatoms. The summed E-state index contributed by atoms with van der Waals surface area (Å²) in [5, 5.41) is 0. The average Bonchev–Trinajstić information content (AvgIpc) is 2.91. The van der Waals surface area contributed by atoms with Crippen molar-refractivity contribution in [3.63, 3.8) is 0 Å². The van der Waals surface area contributed by atoms with Crippen molar-refractivity contribution in [1.82, 2.24) is 0 Å². The number of benzene rings is 2. The highest BCUT2D eigenvalue weighted by Gasteiger charge is 2.27. The fourth-order valence-electron chi connectivity index (χ4n) is 2.48. The molecule has 0 N–H and O–H groups in total. The highest BCUT2D eigenvalue weighted by molar-refractivity contribution is 6.14. The maximum atomic E-state index is 12.5. The lowest BCUT2D eigenvalue weighted by molar-refractivity contribution is -0.137. The zero-order valence-electron chi connectivity index (χ0n) is 14.9. The molecule has 0 radical (unpaired) electrons. The Balaban J connectivity index is 1.82. The molecule has 0 unspecified atom stereocenters. The average molecular weight is 352 g/mol. The highest BCUT2D eigenvalue weighted by atomic mass is 16.5. The second-order valence-corrected chi connectivity index (χ2v) is 6.18. The first-order valence-electron chi connectivity index (χ1n) is 8.50. The van der Waals surface area contributed by atoms with E-state index in [9.17, 15) is 9.59 Å². The number of hydrogen-bond donors (Lipinski definition) is 0. The summed E-state index contributed by atoms with van der Waals surface area (Å²) in [4.78, 5) is 24.2. The van der Waals surface area contributed by atoms with Crippen molar-refractivity contribution in [2.75, 3.05) is 6.61 Å². The fourth-order valence-corrected chi connectivity index (χ4v) is 2.48. The minimum Gasteiger partial charge on any atom is -0.494 e. The number of carbonyl (C=O) groups is 2. The number of rotatable bonds is 5. The van der Waals surface area contributed by atoms with Gasteiger partial charge >= 0.3 is 5.97 Å². The van der Waals surface area contributed by atoms with Crippen LogP contribution in [0.2, 0.25) is 0 Å². The molecule has 134 valence electrons. The van der Waals surface area contributed by atoms with Crippen LogP contribution in [-0.2, 0) is 4.79 Å². The third-order valence-electron chi connectivity index (χ3n) is 3.80. The first kappa shape index (κ1) is 17.7. The van der Waals surface area contributed by atoms with E-state index < -0.39 is 0 Å². The molecule has 1 aliphatic rings. The zero-order chi connectivity index (χ0) is 18.7. The van der Waals surface area contributed by atoms with Gasteiger partial charge in [-0.25, -0.2) is 0 Å². The maximum absolute atomic E-state index is 12.5. The van der Waals surface area contributed by atoms with Gasteiger partial charge in [-0.1, -0.05) is 26.0 Å². The summed E-state index contributed by atoms with van der Waals surface area (Å²) in [6, 6.07) is 12.1. The molecule has 0 spiro atoms. The third-order valence-corrected chi connectivity index (χ3v) is 3.80. The van der Waals surface area contributed by atoms with Crippen LogP contribution in [0.1, 0.15) is 36.7 Å². The van der Waals surface area contributed by atoms with Gasteiger partial charge in [-0.05, 0) is 42.8 Å². The summed E-state index contributed by atoms with van der Waals surface area (Å²) >= 11 is 0. The lowest BCUT2D eigenvalue weighted by atomic mass is 10.1. The zero-order valence-corrected chi connectivity index (χ0v) is 14.9. The van der Waals surface area contributed by atoms with Crippen LogP contribution < -0.4 is 14.2 Å². The first-order chi connectivity index (χ1) is 12.5. The number of esters is 1. The third kappa shape index (κ3) is 3.77. The van der Waals surface area contributed by atoms with Gasteiger partial charge in [0.25, 0.3) is 0 Å². The van der Waals surface area contributed by atoms with Gasteiger partial charge in [-0.15, -0.1) is 0 Å². The molecular weight excluding hydrogens is 332 g/mol. The normalized spacial score (nSPS) is 14.3. The maximum Gasteiger partial charge on any atom is 0.313 e. The van der Waals surface area contributed by atoms with Crippen LogP contribution in [0.5, 0.6) is 17.2 Å². The van der Waals surface area contributed by atoms with Crippen molar-refractivity contribution in [2.24, 2.45) is 5.92 Å². The minimum absolute atomic E-state index is 0.187. The van der Waals surface area contributed by atoms with Crippen LogP contribution in [0.4, 0.5) is 0 Å². The Morgan fingerprint density at radius 3 is 2.69 bits per heavy atom. The highest BCUT2D eigenvalue weighted by Crippen LogP contribution is 2.35. The van der Waals surface area contributed by atoms with Crippen LogP contribution in [-0.4, -0.2) is 18.4 Å². The Labute approximate surface area is 152 Å². The Kier molecular flexibility index (Phi) is 5.07. The molecule has 0 fully saturated rings. The van der Waals surface area contributed by atoms with E-state index in [1.54, 1.807) is 56.3 Å². The van der Waals surface area contributed by atoms with Crippen LogP contribution in [0, 0.1) is 5.92 Å². The molecular formula is C21H20O5. The van der Waals surface area contributed by atoms with E-state index in [1.807, 2.05) is 13.0 Å². The van der Waals surface area contributed by atoms with Crippen molar-refractivity contribution in [2.45, 2.75) is 20.8 Å². The molecule has 26 heavy (non-hydrogen) atoms. The number of carbonyl (C=O) groups excluding carboxylic acids is 2. The van der Waals surface area contributed by atoms with Crippen molar-refractivity contribution >= 4 is 17.8 Å². The van der Waals surface area contributed by atoms with Crippen molar-refractivity contribution in [1.29, 1.82) is 0 Å². The van der Waals surface area contributed by atoms with Crippen molar-refractivity contribution in [3.8, 4) is 17.2 Å². The van der Waals surface area contributed by atoms with E-state index >= 15 is 0 Å². The molecule has 1 aliphatic heterocycles. The van der Waals surface area contributed by atoms with Crippen LogP contribution >= 0.6 is 0 Å². The van der Waals surface area contributed by atoms with Crippen LogP contribution in [0.3, 0.4) is 0 Å². The molecule has 0 amide bonds. The lowest BCUT2D eigenvalue weighted by Gasteiger charge is -2.07. The van der Waals surface area contributed by atoms with E-state index in [4.69, 9.17) is 14.2 Å². The summed E-state index contributed by atoms with van der Waals surface area (Å²) in [6.45, 7) is 5.97. The quantitative estimate of drug-likeness (QED) is 0.457.